The zero-order chi connectivity index (χ0) is 32.5. The first-order valence-electron chi connectivity index (χ1n) is 12.8. The summed E-state index contributed by atoms with van der Waals surface area (Å²) >= 11 is 0. The Morgan fingerprint density at radius 1 is 1.11 bits per heavy atom. The molecule has 0 saturated heterocycles. The van der Waals surface area contributed by atoms with E-state index in [4.69, 9.17) is 0 Å². The molecule has 14 nitrogen and oxygen atoms in total. The quantitative estimate of drug-likeness (QED) is 0.0708. The van der Waals surface area contributed by atoms with E-state index >= 15 is 0 Å². The van der Waals surface area contributed by atoms with Gasteiger partial charge in [0.1, 0.15) is 0 Å². The molecular formula is C26H29F3N6O8S. The van der Waals surface area contributed by atoms with Crippen molar-refractivity contribution in [3.8, 4) is 16.9 Å². The zero-order valence-corrected chi connectivity index (χ0v) is 24.6. The van der Waals surface area contributed by atoms with Gasteiger partial charge in [-0.05, 0) is 50.1 Å². The Balaban J connectivity index is 1.58. The standard InChI is InChI=1S/C26H29F3N6O8S/c1-18-7-9-19(10-8-18)22-16-23(26(27,28)29)30-34(22)20-11-13-21(14-12-20)44(39,40)31-24(36)6-4-5-15-33(2)35(38)32-43-17-42-25(37)41-3/h7-14,16H,4-6,15,17H2,1-3H3,(H,31,36). The maximum absolute atomic E-state index is 13.5. The number of sulfonamides is 1. The van der Waals surface area contributed by atoms with Crippen LogP contribution in [0.2, 0.25) is 0 Å². The van der Waals surface area contributed by atoms with Gasteiger partial charge in [0, 0.05) is 12.0 Å². The molecule has 0 aliphatic heterocycles. The normalized spacial score (nSPS) is 12.0. The van der Waals surface area contributed by atoms with Gasteiger partial charge in [-0.15, -0.1) is 5.01 Å². The Morgan fingerprint density at radius 3 is 2.39 bits per heavy atom. The highest BCUT2D eigenvalue weighted by atomic mass is 32.2. The lowest BCUT2D eigenvalue weighted by Crippen LogP contribution is -2.31. The fourth-order valence-corrected chi connectivity index (χ4v) is 4.67. The molecule has 0 aliphatic rings. The Morgan fingerprint density at radius 2 is 1.77 bits per heavy atom. The molecule has 0 atom stereocenters. The fraction of sp³-hybridized carbons (Fsp3) is 0.346. The van der Waals surface area contributed by atoms with E-state index in [1.54, 1.807) is 24.3 Å². The summed E-state index contributed by atoms with van der Waals surface area (Å²) in [4.78, 5) is 27.4. The molecule has 1 aromatic heterocycles. The molecule has 18 heteroatoms. The molecule has 2 aromatic carbocycles. The lowest BCUT2D eigenvalue weighted by Gasteiger charge is -2.13. The molecule has 1 amide bonds. The van der Waals surface area contributed by atoms with Crippen LogP contribution in [-0.2, 0) is 35.3 Å². The summed E-state index contributed by atoms with van der Waals surface area (Å²) < 4.78 is 77.4. The number of unbranched alkanes of at least 4 members (excludes halogenated alkanes) is 1. The second-order valence-electron chi connectivity index (χ2n) is 9.23. The lowest BCUT2D eigenvalue weighted by atomic mass is 10.1. The van der Waals surface area contributed by atoms with Crippen molar-refractivity contribution in [2.24, 2.45) is 5.28 Å². The number of amides is 1. The van der Waals surface area contributed by atoms with Crippen LogP contribution in [0.25, 0.3) is 16.9 Å². The number of aryl methyl sites for hydroxylation is 1. The minimum Gasteiger partial charge on any atom is -0.569 e. The van der Waals surface area contributed by atoms with Crippen LogP contribution in [-0.4, -0.2) is 67.7 Å². The summed E-state index contributed by atoms with van der Waals surface area (Å²) in [5, 5.41) is 19.7. The first kappa shape index (κ1) is 33.6. The van der Waals surface area contributed by atoms with Gasteiger partial charge in [0.15, 0.2) is 5.69 Å². The van der Waals surface area contributed by atoms with Gasteiger partial charge in [-0.1, -0.05) is 29.8 Å². The number of nitrogens with zero attached hydrogens (tertiary/aromatic N) is 5. The number of methoxy groups -OCH3 is 1. The molecule has 0 saturated carbocycles. The van der Waals surface area contributed by atoms with Crippen LogP contribution in [0.5, 0.6) is 0 Å². The lowest BCUT2D eigenvalue weighted by molar-refractivity contribution is -0.706. The molecule has 44 heavy (non-hydrogen) atoms. The summed E-state index contributed by atoms with van der Waals surface area (Å²) in [6, 6.07) is 12.6. The van der Waals surface area contributed by atoms with Crippen molar-refractivity contribution in [2.45, 2.75) is 37.3 Å². The van der Waals surface area contributed by atoms with E-state index in [-0.39, 0.29) is 40.6 Å². The Labute approximate surface area is 250 Å². The molecule has 3 rings (SSSR count). The smallest absolute Gasteiger partial charge is 0.510 e. The third-order valence-electron chi connectivity index (χ3n) is 5.94. The van der Waals surface area contributed by atoms with Gasteiger partial charge >= 0.3 is 12.3 Å². The number of rotatable bonds is 13. The maximum atomic E-state index is 13.5. The van der Waals surface area contributed by atoms with E-state index in [0.29, 0.717) is 12.0 Å². The van der Waals surface area contributed by atoms with Crippen LogP contribution in [0, 0.1) is 12.1 Å². The molecule has 0 spiro atoms. The third kappa shape index (κ3) is 9.32. The predicted octanol–water partition coefficient (Wildman–Crippen LogP) is 4.32. The van der Waals surface area contributed by atoms with Crippen molar-refractivity contribution in [2.75, 3.05) is 27.5 Å². The van der Waals surface area contributed by atoms with Crippen LogP contribution < -0.4 is 4.72 Å². The minimum absolute atomic E-state index is 0.0890. The molecule has 0 aliphatic carbocycles. The number of carbonyl (C=O) groups is 2. The molecule has 0 fully saturated rings. The molecule has 1 heterocycles. The summed E-state index contributed by atoms with van der Waals surface area (Å²) in [7, 11) is -1.82. The number of aromatic nitrogens is 2. The minimum atomic E-state index is -4.70. The van der Waals surface area contributed by atoms with Crippen molar-refractivity contribution in [3.63, 3.8) is 0 Å². The first-order chi connectivity index (χ1) is 20.7. The molecule has 0 radical (unpaired) electrons. The summed E-state index contributed by atoms with van der Waals surface area (Å²) in [5.41, 5.74) is 0.604. The van der Waals surface area contributed by atoms with Gasteiger partial charge in [0.25, 0.3) is 16.8 Å². The van der Waals surface area contributed by atoms with Crippen LogP contribution >= 0.6 is 0 Å². The van der Waals surface area contributed by atoms with Gasteiger partial charge < -0.3 is 19.5 Å². The molecule has 3 aromatic rings. The largest absolute Gasteiger partial charge is 0.569 e. The van der Waals surface area contributed by atoms with Crippen molar-refractivity contribution in [3.05, 3.63) is 71.1 Å². The molecule has 0 unspecified atom stereocenters. The molecule has 238 valence electrons. The summed E-state index contributed by atoms with van der Waals surface area (Å²) in [5.74, 6) is -0.799. The van der Waals surface area contributed by atoms with E-state index in [9.17, 15) is 36.4 Å². The van der Waals surface area contributed by atoms with Crippen LogP contribution in [0.1, 0.15) is 30.5 Å². The molecular weight excluding hydrogens is 613 g/mol. The van der Waals surface area contributed by atoms with E-state index in [1.165, 1.54) is 19.2 Å². The Kier molecular flexibility index (Phi) is 11.1. The average Bonchev–Trinajstić information content (AvgIpc) is 3.44. The first-order valence-corrected chi connectivity index (χ1v) is 14.3. The van der Waals surface area contributed by atoms with Crippen molar-refractivity contribution in [1.29, 1.82) is 0 Å². The predicted molar refractivity (Wildman–Crippen MR) is 146 cm³/mol. The number of benzene rings is 2. The number of hydrogen-bond donors (Lipinski definition) is 1. The highest BCUT2D eigenvalue weighted by Crippen LogP contribution is 2.33. The average molecular weight is 643 g/mol. The van der Waals surface area contributed by atoms with Crippen LogP contribution in [0.15, 0.2) is 64.8 Å². The number of nitrogens with one attached hydrogen (secondary N) is 1. The second kappa shape index (κ2) is 14.5. The number of alkyl halides is 3. The van der Waals surface area contributed by atoms with E-state index in [0.717, 1.165) is 40.6 Å². The maximum Gasteiger partial charge on any atom is 0.510 e. The zero-order valence-electron chi connectivity index (χ0n) is 23.8. The van der Waals surface area contributed by atoms with Gasteiger partial charge in [-0.25, -0.2) is 22.6 Å². The van der Waals surface area contributed by atoms with Crippen molar-refractivity contribution in [1.82, 2.24) is 19.5 Å². The molecule has 0 bridgehead atoms. The van der Waals surface area contributed by atoms with Crippen LogP contribution in [0.4, 0.5) is 18.0 Å². The number of halogens is 3. The Bertz CT molecular complexity index is 1580. The third-order valence-corrected chi connectivity index (χ3v) is 7.33. The van der Waals surface area contributed by atoms with Gasteiger partial charge in [0.05, 0.1) is 41.9 Å². The van der Waals surface area contributed by atoms with Gasteiger partial charge in [-0.2, -0.15) is 18.3 Å². The van der Waals surface area contributed by atoms with Crippen molar-refractivity contribution < 1.29 is 50.5 Å². The second-order valence-corrected chi connectivity index (χ2v) is 10.9. The summed E-state index contributed by atoms with van der Waals surface area (Å²) in [6.07, 6.45) is -5.38. The summed E-state index contributed by atoms with van der Waals surface area (Å²) in [6.45, 7) is 1.32. The van der Waals surface area contributed by atoms with E-state index < -0.39 is 40.7 Å². The van der Waals surface area contributed by atoms with Gasteiger partial charge in [-0.3, -0.25) is 4.79 Å². The number of carbonyl (C=O) groups excluding carboxylic acids is 2. The Hall–Kier alpha value is -4.87. The number of ether oxygens (including phenoxy) is 2. The van der Waals surface area contributed by atoms with E-state index in [1.807, 2.05) is 11.6 Å². The van der Waals surface area contributed by atoms with Gasteiger partial charge in [0.2, 0.25) is 11.2 Å². The molecule has 1 N–H and O–H groups in total. The SMILES string of the molecule is COC(=O)OCON=[N+]([O-])N(C)CCCCC(=O)NS(=O)(=O)c1ccc(-n2nc(C(F)(F)F)cc2-c2ccc(C)cc2)cc1. The van der Waals surface area contributed by atoms with Crippen LogP contribution in [0.3, 0.4) is 0 Å². The topological polar surface area (TPSA) is 167 Å². The highest BCUT2D eigenvalue weighted by molar-refractivity contribution is 7.90. The number of hydrazine groups is 1. The number of hydrogen-bond acceptors (Lipinski definition) is 10. The highest BCUT2D eigenvalue weighted by Gasteiger charge is 2.35. The van der Waals surface area contributed by atoms with E-state index in [2.05, 4.69) is 24.7 Å². The monoisotopic (exact) mass is 642 g/mol. The fourth-order valence-electron chi connectivity index (χ4n) is 3.65. The van der Waals surface area contributed by atoms with Crippen molar-refractivity contribution >= 4 is 22.1 Å².